The summed E-state index contributed by atoms with van der Waals surface area (Å²) in [7, 11) is 0. The molecule has 1 heterocycles. The quantitative estimate of drug-likeness (QED) is 0.230. The number of rotatable bonds is 16. The second kappa shape index (κ2) is 15.7. The first-order valence-electron chi connectivity index (χ1n) is 13.9. The Labute approximate surface area is 201 Å². The Hall–Kier alpha value is -1.13. The smallest absolute Gasteiger partial charge is 0.187 e. The molecule has 1 saturated carbocycles. The van der Waals surface area contributed by atoms with Crippen LogP contribution in [0.2, 0.25) is 0 Å². The molecule has 3 rings (SSSR count). The summed E-state index contributed by atoms with van der Waals surface area (Å²) in [5.41, 5.74) is 0.689. The van der Waals surface area contributed by atoms with E-state index in [9.17, 15) is 4.39 Å². The molecule has 0 spiro atoms. The number of hydrogen-bond acceptors (Lipinski definition) is 3. The molecule has 0 atom stereocenters. The number of ether oxygens (including phenoxy) is 3. The standard InChI is InChI=1S/C29H47FO3/c1-2-3-4-5-6-10-18-25-22-32-29(33-23-25)26-19-14-20-27(30)28(26)31-21-13-8-7-9-15-24-16-11-12-17-24/h14,19-20,24-25,29H,2-13,15-18,21-23H2,1H3. The molecule has 0 N–H and O–H groups in total. The van der Waals surface area contributed by atoms with Gasteiger partial charge in [-0.05, 0) is 24.8 Å². The Morgan fingerprint density at radius 3 is 2.18 bits per heavy atom. The van der Waals surface area contributed by atoms with E-state index in [-0.39, 0.29) is 5.82 Å². The third-order valence-electron chi connectivity index (χ3n) is 7.41. The molecule has 188 valence electrons. The van der Waals surface area contributed by atoms with Gasteiger partial charge >= 0.3 is 0 Å². The molecule has 3 nitrogen and oxygen atoms in total. The van der Waals surface area contributed by atoms with Gasteiger partial charge in [0.25, 0.3) is 0 Å². The Morgan fingerprint density at radius 1 is 0.818 bits per heavy atom. The van der Waals surface area contributed by atoms with Crippen LogP contribution in [-0.2, 0) is 9.47 Å². The minimum absolute atomic E-state index is 0.308. The largest absolute Gasteiger partial charge is 0.490 e. The number of benzene rings is 1. The number of para-hydroxylation sites is 1. The third kappa shape index (κ3) is 9.56. The lowest BCUT2D eigenvalue weighted by atomic mass is 9.99. The van der Waals surface area contributed by atoms with Gasteiger partial charge in [0.15, 0.2) is 17.9 Å². The van der Waals surface area contributed by atoms with Crippen LogP contribution in [0.15, 0.2) is 18.2 Å². The molecule has 2 aliphatic rings. The summed E-state index contributed by atoms with van der Waals surface area (Å²) in [5.74, 6) is 1.40. The Morgan fingerprint density at radius 2 is 1.45 bits per heavy atom. The van der Waals surface area contributed by atoms with Gasteiger partial charge in [0.2, 0.25) is 0 Å². The van der Waals surface area contributed by atoms with E-state index in [0.717, 1.165) is 25.2 Å². The van der Waals surface area contributed by atoms with Crippen molar-refractivity contribution in [2.75, 3.05) is 19.8 Å². The lowest BCUT2D eigenvalue weighted by molar-refractivity contribution is -0.206. The van der Waals surface area contributed by atoms with Crippen LogP contribution in [0.25, 0.3) is 0 Å². The van der Waals surface area contributed by atoms with E-state index in [0.29, 0.717) is 37.1 Å². The van der Waals surface area contributed by atoms with Gasteiger partial charge in [-0.15, -0.1) is 0 Å². The first kappa shape index (κ1) is 26.5. The number of hydrogen-bond donors (Lipinski definition) is 0. The second-order valence-corrected chi connectivity index (χ2v) is 10.3. The van der Waals surface area contributed by atoms with Crippen molar-refractivity contribution in [3.8, 4) is 5.75 Å². The Kier molecular flexibility index (Phi) is 12.6. The van der Waals surface area contributed by atoms with Gasteiger partial charge in [0.05, 0.1) is 25.4 Å². The molecule has 0 amide bonds. The lowest BCUT2D eigenvalue weighted by Gasteiger charge is -2.30. The molecule has 4 heteroatoms. The summed E-state index contributed by atoms with van der Waals surface area (Å²) in [4.78, 5) is 0. The van der Waals surface area contributed by atoms with Crippen molar-refractivity contribution >= 4 is 0 Å². The molecular formula is C29H47FO3. The van der Waals surface area contributed by atoms with Gasteiger partial charge in [0, 0.05) is 5.92 Å². The summed E-state index contributed by atoms with van der Waals surface area (Å²) >= 11 is 0. The van der Waals surface area contributed by atoms with Gasteiger partial charge in [-0.25, -0.2) is 4.39 Å². The monoisotopic (exact) mass is 462 g/mol. The van der Waals surface area contributed by atoms with Gasteiger partial charge in [-0.3, -0.25) is 0 Å². The highest BCUT2D eigenvalue weighted by molar-refractivity contribution is 5.36. The van der Waals surface area contributed by atoms with Gasteiger partial charge in [-0.1, -0.05) is 109 Å². The molecule has 1 aliphatic heterocycles. The van der Waals surface area contributed by atoms with Crippen LogP contribution in [0.1, 0.15) is 122 Å². The molecule has 0 aromatic heterocycles. The van der Waals surface area contributed by atoms with Gasteiger partial charge in [0.1, 0.15) is 0 Å². The number of unbranched alkanes of at least 4 members (excludes halogenated alkanes) is 8. The second-order valence-electron chi connectivity index (χ2n) is 10.3. The fourth-order valence-corrected chi connectivity index (χ4v) is 5.33. The SMILES string of the molecule is CCCCCCCCC1COC(c2cccc(F)c2OCCCCCCC2CCCC2)OC1. The zero-order valence-electron chi connectivity index (χ0n) is 21.0. The summed E-state index contributed by atoms with van der Waals surface area (Å²) in [6.45, 7) is 4.15. The highest BCUT2D eigenvalue weighted by Crippen LogP contribution is 2.35. The fraction of sp³-hybridized carbons (Fsp3) is 0.793. The predicted molar refractivity (Wildman–Crippen MR) is 133 cm³/mol. The minimum atomic E-state index is -0.525. The third-order valence-corrected chi connectivity index (χ3v) is 7.41. The van der Waals surface area contributed by atoms with E-state index in [4.69, 9.17) is 14.2 Å². The molecule has 33 heavy (non-hydrogen) atoms. The van der Waals surface area contributed by atoms with Crippen molar-refractivity contribution in [3.05, 3.63) is 29.6 Å². The van der Waals surface area contributed by atoms with Crippen molar-refractivity contribution in [1.82, 2.24) is 0 Å². The normalized spacial score (nSPS) is 21.5. The molecule has 1 saturated heterocycles. The minimum Gasteiger partial charge on any atom is -0.490 e. The fourth-order valence-electron chi connectivity index (χ4n) is 5.33. The van der Waals surface area contributed by atoms with Crippen molar-refractivity contribution in [3.63, 3.8) is 0 Å². The van der Waals surface area contributed by atoms with Crippen LogP contribution < -0.4 is 4.74 Å². The maximum atomic E-state index is 14.5. The Bertz CT molecular complexity index is 636. The zero-order chi connectivity index (χ0) is 23.1. The Balaban J connectivity index is 1.33. The molecule has 1 aliphatic carbocycles. The van der Waals surface area contributed by atoms with E-state index in [1.807, 2.05) is 6.07 Å². The highest BCUT2D eigenvalue weighted by atomic mass is 19.1. The summed E-state index contributed by atoms with van der Waals surface area (Å²) in [6.07, 6.45) is 20.2. The number of halogens is 1. The molecule has 0 unspecified atom stereocenters. The maximum Gasteiger partial charge on any atom is 0.187 e. The van der Waals surface area contributed by atoms with Gasteiger partial charge < -0.3 is 14.2 Å². The van der Waals surface area contributed by atoms with Crippen molar-refractivity contribution in [2.24, 2.45) is 11.8 Å². The molecule has 1 aromatic rings. The first-order chi connectivity index (χ1) is 16.3. The van der Waals surface area contributed by atoms with Crippen molar-refractivity contribution < 1.29 is 18.6 Å². The molecular weight excluding hydrogens is 415 g/mol. The van der Waals surface area contributed by atoms with Crippen LogP contribution in [0, 0.1) is 17.7 Å². The topological polar surface area (TPSA) is 27.7 Å². The molecule has 1 aromatic carbocycles. The lowest BCUT2D eigenvalue weighted by Crippen LogP contribution is -2.27. The van der Waals surface area contributed by atoms with Crippen molar-refractivity contribution in [1.29, 1.82) is 0 Å². The van der Waals surface area contributed by atoms with E-state index >= 15 is 0 Å². The van der Waals surface area contributed by atoms with E-state index in [2.05, 4.69) is 6.92 Å². The highest BCUT2D eigenvalue weighted by Gasteiger charge is 2.27. The van der Waals surface area contributed by atoms with E-state index < -0.39 is 6.29 Å². The average molecular weight is 463 g/mol. The summed E-state index contributed by atoms with van der Waals surface area (Å²) in [5, 5.41) is 0. The predicted octanol–water partition coefficient (Wildman–Crippen LogP) is 8.76. The first-order valence-corrected chi connectivity index (χ1v) is 13.9. The van der Waals surface area contributed by atoms with Crippen LogP contribution in [0.3, 0.4) is 0 Å². The molecule has 2 fully saturated rings. The average Bonchev–Trinajstić information content (AvgIpc) is 3.35. The van der Waals surface area contributed by atoms with Crippen LogP contribution in [0.5, 0.6) is 5.75 Å². The van der Waals surface area contributed by atoms with Gasteiger partial charge in [-0.2, -0.15) is 0 Å². The van der Waals surface area contributed by atoms with E-state index in [1.54, 1.807) is 6.07 Å². The zero-order valence-corrected chi connectivity index (χ0v) is 21.0. The van der Waals surface area contributed by atoms with Crippen LogP contribution in [0.4, 0.5) is 4.39 Å². The maximum absolute atomic E-state index is 14.5. The molecule has 0 radical (unpaired) electrons. The van der Waals surface area contributed by atoms with E-state index in [1.165, 1.54) is 89.5 Å². The molecule has 0 bridgehead atoms. The summed E-state index contributed by atoms with van der Waals surface area (Å²) < 4.78 is 32.5. The van der Waals surface area contributed by atoms with Crippen LogP contribution in [-0.4, -0.2) is 19.8 Å². The van der Waals surface area contributed by atoms with Crippen LogP contribution >= 0.6 is 0 Å². The summed E-state index contributed by atoms with van der Waals surface area (Å²) in [6, 6.07) is 5.05. The van der Waals surface area contributed by atoms with Crippen molar-refractivity contribution in [2.45, 2.75) is 116 Å².